The Kier molecular flexibility index (Phi) is 5.57. The fraction of sp³-hybridized carbons (Fsp3) is 0.250. The summed E-state index contributed by atoms with van der Waals surface area (Å²) in [6.07, 6.45) is 1.62. The van der Waals surface area contributed by atoms with Crippen molar-refractivity contribution in [2.45, 2.75) is 19.4 Å². The number of carbonyl (C=O) groups excluding carboxylic acids is 1. The lowest BCUT2D eigenvalue weighted by molar-refractivity contribution is -0.129. The summed E-state index contributed by atoms with van der Waals surface area (Å²) in [5.41, 5.74) is 2.81. The number of amides is 1. The second-order valence-corrected chi connectivity index (χ2v) is 9.68. The number of carbonyl (C=O) groups is 1. The monoisotopic (exact) mass is 497 g/mol. The number of morpholine rings is 1. The molecule has 2 aliphatic rings. The van der Waals surface area contributed by atoms with Crippen molar-refractivity contribution >= 4 is 39.6 Å². The fourth-order valence-corrected chi connectivity index (χ4v) is 4.64. The van der Waals surface area contributed by atoms with Gasteiger partial charge in [0.1, 0.15) is 11.6 Å². The van der Waals surface area contributed by atoms with Crippen LogP contribution in [-0.4, -0.2) is 47.8 Å². The molecule has 0 radical (unpaired) electrons. The summed E-state index contributed by atoms with van der Waals surface area (Å²) in [7, 11) is 0. The molecule has 0 atom stereocenters. The van der Waals surface area contributed by atoms with Crippen LogP contribution in [0.15, 0.2) is 65.6 Å². The highest BCUT2D eigenvalue weighted by Gasteiger charge is 2.35. The van der Waals surface area contributed by atoms with Crippen molar-refractivity contribution in [1.82, 2.24) is 9.97 Å². The zero-order chi connectivity index (χ0) is 25.6. The van der Waals surface area contributed by atoms with Gasteiger partial charge in [0.15, 0.2) is 5.60 Å². The van der Waals surface area contributed by atoms with Crippen LogP contribution in [-0.2, 0) is 9.53 Å². The molecule has 1 amide bonds. The van der Waals surface area contributed by atoms with E-state index in [0.29, 0.717) is 28.3 Å². The molecular weight excluding hydrogens is 470 g/mol. The van der Waals surface area contributed by atoms with Gasteiger partial charge in [-0.2, -0.15) is 0 Å². The highest BCUT2D eigenvalue weighted by atomic mass is 16.5. The van der Waals surface area contributed by atoms with Crippen molar-refractivity contribution in [3.05, 3.63) is 71.1 Å². The maximum Gasteiger partial charge on any atom is 0.268 e. The number of hydrogen-bond acceptors (Lipinski definition) is 7. The van der Waals surface area contributed by atoms with E-state index in [2.05, 4.69) is 32.7 Å². The number of ether oxygens (including phenoxy) is 2. The Morgan fingerprint density at radius 3 is 2.57 bits per heavy atom. The van der Waals surface area contributed by atoms with E-state index in [0.717, 1.165) is 48.6 Å². The van der Waals surface area contributed by atoms with Crippen molar-refractivity contribution in [3.8, 4) is 17.0 Å². The number of benzene rings is 2. The van der Waals surface area contributed by atoms with Gasteiger partial charge in [0.05, 0.1) is 30.0 Å². The third-order valence-electron chi connectivity index (χ3n) is 6.70. The highest BCUT2D eigenvalue weighted by molar-refractivity contribution is 6.01. The molecule has 1 fully saturated rings. The van der Waals surface area contributed by atoms with Gasteiger partial charge < -0.3 is 30.0 Å². The normalized spacial score (nSPS) is 16.6. The summed E-state index contributed by atoms with van der Waals surface area (Å²) < 4.78 is 11.3. The number of nitrogens with one attached hydrogen (secondary N) is 3. The molecule has 4 heterocycles. The van der Waals surface area contributed by atoms with Crippen molar-refractivity contribution in [2.75, 3.05) is 41.8 Å². The van der Waals surface area contributed by atoms with E-state index in [1.54, 1.807) is 20.0 Å². The zero-order valence-corrected chi connectivity index (χ0v) is 20.6. The van der Waals surface area contributed by atoms with E-state index >= 15 is 0 Å². The molecule has 1 saturated heterocycles. The zero-order valence-electron chi connectivity index (χ0n) is 20.6. The Hall–Kier alpha value is -4.37. The van der Waals surface area contributed by atoms with Crippen molar-refractivity contribution in [1.29, 1.82) is 0 Å². The Bertz CT molecular complexity index is 1560. The standard InChI is InChI=1S/C28H27N5O4/c1-28(2)27(35)32-22-15-17(3-8-23(22)37-28)21-16-18-9-10-29-26(34)24(18)25(31-21)30-19-4-6-20(7-5-19)33-11-13-36-14-12-33/h3-10,15-16H,11-14H2,1-2H3,(H,29,34)(H,30,31)(H,32,35). The van der Waals surface area contributed by atoms with Crippen LogP contribution < -0.4 is 25.8 Å². The summed E-state index contributed by atoms with van der Waals surface area (Å²) in [5.74, 6) is 0.843. The van der Waals surface area contributed by atoms with Gasteiger partial charge in [-0.05, 0) is 73.8 Å². The lowest BCUT2D eigenvalue weighted by Crippen LogP contribution is -2.45. The molecule has 0 bridgehead atoms. The molecule has 9 nitrogen and oxygen atoms in total. The molecule has 0 saturated carbocycles. The van der Waals surface area contributed by atoms with E-state index in [9.17, 15) is 9.59 Å². The number of pyridine rings is 2. The van der Waals surface area contributed by atoms with E-state index in [-0.39, 0.29) is 11.5 Å². The minimum absolute atomic E-state index is 0.210. The molecule has 188 valence electrons. The van der Waals surface area contributed by atoms with E-state index in [4.69, 9.17) is 14.5 Å². The molecule has 3 N–H and O–H groups in total. The molecule has 2 aliphatic heterocycles. The number of rotatable bonds is 4. The molecule has 6 rings (SSSR count). The Morgan fingerprint density at radius 2 is 1.78 bits per heavy atom. The third kappa shape index (κ3) is 4.38. The van der Waals surface area contributed by atoms with Gasteiger partial charge in [-0.1, -0.05) is 0 Å². The summed E-state index contributed by atoms with van der Waals surface area (Å²) >= 11 is 0. The number of aromatic amines is 1. The summed E-state index contributed by atoms with van der Waals surface area (Å²) in [5, 5.41) is 7.48. The Morgan fingerprint density at radius 1 is 1.00 bits per heavy atom. The smallest absolute Gasteiger partial charge is 0.268 e. The topological polar surface area (TPSA) is 109 Å². The molecule has 9 heteroatoms. The van der Waals surface area contributed by atoms with Gasteiger partial charge in [0.2, 0.25) is 0 Å². The number of hydrogen-bond donors (Lipinski definition) is 3. The van der Waals surface area contributed by atoms with Gasteiger partial charge in [0, 0.05) is 36.2 Å². The SMILES string of the molecule is CC1(C)Oc2ccc(-c3cc4cc[nH]c(=O)c4c(Nc4ccc(N5CCOCC5)cc4)n3)cc2NC1=O. The number of nitrogens with zero attached hydrogens (tertiary/aromatic N) is 2. The predicted molar refractivity (Wildman–Crippen MR) is 144 cm³/mol. The van der Waals surface area contributed by atoms with Gasteiger partial charge in [0.25, 0.3) is 11.5 Å². The lowest BCUT2D eigenvalue weighted by atomic mass is 10.0. The van der Waals surface area contributed by atoms with E-state index in [1.165, 1.54) is 0 Å². The van der Waals surface area contributed by atoms with Crippen LogP contribution >= 0.6 is 0 Å². The number of aromatic nitrogens is 2. The van der Waals surface area contributed by atoms with Crippen LogP contribution in [0.3, 0.4) is 0 Å². The molecular formula is C28H27N5O4. The number of H-pyrrole nitrogens is 1. The van der Waals surface area contributed by atoms with Crippen LogP contribution in [0.1, 0.15) is 13.8 Å². The second-order valence-electron chi connectivity index (χ2n) is 9.68. The van der Waals surface area contributed by atoms with Gasteiger partial charge in [-0.15, -0.1) is 0 Å². The van der Waals surface area contributed by atoms with Gasteiger partial charge in [-0.25, -0.2) is 4.98 Å². The van der Waals surface area contributed by atoms with Crippen molar-refractivity contribution in [3.63, 3.8) is 0 Å². The first kappa shape index (κ1) is 23.1. The summed E-state index contributed by atoms with van der Waals surface area (Å²) in [6.45, 7) is 6.63. The average Bonchev–Trinajstić information content (AvgIpc) is 2.90. The molecule has 4 aromatic rings. The minimum Gasteiger partial charge on any atom is -0.476 e. The van der Waals surface area contributed by atoms with Crippen molar-refractivity contribution < 1.29 is 14.3 Å². The highest BCUT2D eigenvalue weighted by Crippen LogP contribution is 2.37. The van der Waals surface area contributed by atoms with E-state index < -0.39 is 5.60 Å². The van der Waals surface area contributed by atoms with Crippen LogP contribution in [0.4, 0.5) is 22.9 Å². The fourth-order valence-electron chi connectivity index (χ4n) is 4.64. The molecule has 2 aromatic carbocycles. The van der Waals surface area contributed by atoms with Gasteiger partial charge in [-0.3, -0.25) is 9.59 Å². The third-order valence-corrected chi connectivity index (χ3v) is 6.70. The van der Waals surface area contributed by atoms with Gasteiger partial charge >= 0.3 is 0 Å². The Labute approximate surface area is 213 Å². The number of fused-ring (bicyclic) bond motifs is 2. The molecule has 0 aliphatic carbocycles. The maximum atomic E-state index is 12.8. The second kappa shape index (κ2) is 8.94. The minimum atomic E-state index is -0.939. The largest absolute Gasteiger partial charge is 0.476 e. The number of anilines is 4. The van der Waals surface area contributed by atoms with Crippen LogP contribution in [0, 0.1) is 0 Å². The van der Waals surface area contributed by atoms with Crippen LogP contribution in [0.5, 0.6) is 5.75 Å². The Balaban J connectivity index is 1.37. The molecule has 37 heavy (non-hydrogen) atoms. The molecule has 0 spiro atoms. The first-order valence-electron chi connectivity index (χ1n) is 12.2. The lowest BCUT2D eigenvalue weighted by Gasteiger charge is -2.31. The van der Waals surface area contributed by atoms with E-state index in [1.807, 2.05) is 42.5 Å². The first-order valence-corrected chi connectivity index (χ1v) is 12.2. The molecule has 2 aromatic heterocycles. The molecule has 0 unspecified atom stereocenters. The quantitative estimate of drug-likeness (QED) is 0.386. The van der Waals surface area contributed by atoms with Crippen molar-refractivity contribution in [2.24, 2.45) is 0 Å². The summed E-state index contributed by atoms with van der Waals surface area (Å²) in [4.78, 5) is 35.0. The summed E-state index contributed by atoms with van der Waals surface area (Å²) in [6, 6.07) is 17.3. The van der Waals surface area contributed by atoms with Crippen LogP contribution in [0.25, 0.3) is 22.0 Å². The predicted octanol–water partition coefficient (Wildman–Crippen LogP) is 4.28. The average molecular weight is 498 g/mol. The maximum absolute atomic E-state index is 12.8. The first-order chi connectivity index (χ1) is 17.9. The van der Waals surface area contributed by atoms with Crippen LogP contribution in [0.2, 0.25) is 0 Å².